The standard InChI is InChI=1S/C28H35N3O6Si/c1-19-17-31(27(33)30-25(19)32)26-24(34-6)23(22(36-26)18-35-29-5)37-38(28(2,3)4,20-13-9-7-10-14-20)21-15-11-8-12-16-21/h7-17,22-24,26H,5,18H2,1-4,6H3,(H,30,32,33)/t22-,23-,24-,26-/m1/s1. The largest absolute Gasteiger partial charge is 0.399 e. The Morgan fingerprint density at radius 3 is 2.11 bits per heavy atom. The molecule has 9 nitrogen and oxygen atoms in total. The number of aryl methyl sites for hydroxylation is 1. The van der Waals surface area contributed by atoms with Gasteiger partial charge in [-0.1, -0.05) is 81.4 Å². The highest BCUT2D eigenvalue weighted by atomic mass is 28.4. The number of nitrogens with zero attached hydrogens (tertiary/aromatic N) is 2. The summed E-state index contributed by atoms with van der Waals surface area (Å²) in [4.78, 5) is 32.6. The van der Waals surface area contributed by atoms with Crippen LogP contribution in [0.1, 0.15) is 32.6 Å². The maximum Gasteiger partial charge on any atom is 0.330 e. The number of rotatable bonds is 9. The monoisotopic (exact) mass is 537 g/mol. The smallest absolute Gasteiger partial charge is 0.330 e. The molecule has 1 aromatic heterocycles. The molecule has 202 valence electrons. The van der Waals surface area contributed by atoms with Gasteiger partial charge >= 0.3 is 5.69 Å². The highest BCUT2D eigenvalue weighted by Gasteiger charge is 2.57. The number of aromatic amines is 1. The molecule has 0 radical (unpaired) electrons. The Kier molecular flexibility index (Phi) is 8.17. The molecule has 1 fully saturated rings. The molecule has 2 heterocycles. The highest BCUT2D eigenvalue weighted by Crippen LogP contribution is 2.42. The minimum Gasteiger partial charge on any atom is -0.399 e. The first-order valence-corrected chi connectivity index (χ1v) is 14.4. The van der Waals surface area contributed by atoms with Gasteiger partial charge in [0.1, 0.15) is 24.9 Å². The zero-order valence-corrected chi connectivity index (χ0v) is 23.4. The van der Waals surface area contributed by atoms with Gasteiger partial charge in [0.05, 0.1) is 0 Å². The summed E-state index contributed by atoms with van der Waals surface area (Å²) in [7, 11) is -1.47. The molecule has 10 heteroatoms. The molecule has 1 aliphatic rings. The van der Waals surface area contributed by atoms with Crippen LogP contribution in [-0.4, -0.2) is 56.6 Å². The Labute approximate surface area is 223 Å². The van der Waals surface area contributed by atoms with Crippen LogP contribution in [0.2, 0.25) is 5.04 Å². The van der Waals surface area contributed by atoms with Crippen LogP contribution in [0.25, 0.3) is 0 Å². The van der Waals surface area contributed by atoms with E-state index in [2.05, 4.69) is 61.9 Å². The number of ether oxygens (including phenoxy) is 2. The summed E-state index contributed by atoms with van der Waals surface area (Å²) in [5.41, 5.74) is -0.672. The van der Waals surface area contributed by atoms with Crippen molar-refractivity contribution in [3.05, 3.63) is 93.3 Å². The SMILES string of the molecule is C=NOC[C@H]1O[C@@H](n2cc(C)c(=O)[nH]c2=O)[C@H](OC)[C@@H]1O[Si](c1ccccc1)(c1ccccc1)C(C)(C)C. The van der Waals surface area contributed by atoms with Crippen molar-refractivity contribution in [2.75, 3.05) is 13.7 Å². The van der Waals surface area contributed by atoms with Crippen LogP contribution in [-0.2, 0) is 18.7 Å². The van der Waals surface area contributed by atoms with Crippen molar-refractivity contribution in [3.8, 4) is 0 Å². The number of oxime groups is 1. The average molecular weight is 538 g/mol. The molecule has 0 amide bonds. The van der Waals surface area contributed by atoms with Gasteiger partial charge in [-0.3, -0.25) is 14.3 Å². The summed E-state index contributed by atoms with van der Waals surface area (Å²) >= 11 is 0. The Hall–Kier alpha value is -3.31. The first-order valence-electron chi connectivity index (χ1n) is 12.5. The second-order valence-corrected chi connectivity index (χ2v) is 14.7. The quantitative estimate of drug-likeness (QED) is 0.255. The van der Waals surface area contributed by atoms with Crippen molar-refractivity contribution in [1.29, 1.82) is 0 Å². The van der Waals surface area contributed by atoms with Crippen LogP contribution < -0.4 is 21.6 Å². The topological polar surface area (TPSA) is 104 Å². The average Bonchev–Trinajstić information content (AvgIpc) is 3.24. The molecule has 0 saturated carbocycles. The van der Waals surface area contributed by atoms with Crippen molar-refractivity contribution in [3.63, 3.8) is 0 Å². The maximum atomic E-state index is 12.8. The molecule has 0 bridgehead atoms. The van der Waals surface area contributed by atoms with E-state index in [0.29, 0.717) is 5.56 Å². The fourth-order valence-corrected chi connectivity index (χ4v) is 9.96. The summed E-state index contributed by atoms with van der Waals surface area (Å²) in [6.07, 6.45) is -1.37. The molecule has 1 N–H and O–H groups in total. The molecule has 4 rings (SSSR count). The molecule has 1 aliphatic heterocycles. The van der Waals surface area contributed by atoms with E-state index in [0.717, 1.165) is 10.4 Å². The number of nitrogens with one attached hydrogen (secondary N) is 1. The summed E-state index contributed by atoms with van der Waals surface area (Å²) in [6, 6.07) is 20.4. The lowest BCUT2D eigenvalue weighted by Gasteiger charge is -2.45. The van der Waals surface area contributed by atoms with Crippen molar-refractivity contribution in [2.45, 2.75) is 57.3 Å². The van der Waals surface area contributed by atoms with Crippen molar-refractivity contribution >= 4 is 25.4 Å². The minimum absolute atomic E-state index is 0.0415. The number of methoxy groups -OCH3 is 1. The van der Waals surface area contributed by atoms with Gasteiger partial charge in [0.25, 0.3) is 13.9 Å². The van der Waals surface area contributed by atoms with Gasteiger partial charge in [0, 0.05) is 25.6 Å². The molecular formula is C28H35N3O6Si. The van der Waals surface area contributed by atoms with Crippen LogP contribution in [0.5, 0.6) is 0 Å². The van der Waals surface area contributed by atoms with Gasteiger partial charge in [-0.05, 0) is 22.3 Å². The Balaban J connectivity index is 1.89. The minimum atomic E-state index is -3.02. The first kappa shape index (κ1) is 27.7. The lowest BCUT2D eigenvalue weighted by Crippen LogP contribution is -2.69. The van der Waals surface area contributed by atoms with Gasteiger partial charge in [0.15, 0.2) is 6.23 Å². The van der Waals surface area contributed by atoms with Gasteiger partial charge in [0.2, 0.25) is 0 Å². The van der Waals surface area contributed by atoms with E-state index >= 15 is 0 Å². The number of hydrogen-bond donors (Lipinski definition) is 1. The molecule has 38 heavy (non-hydrogen) atoms. The van der Waals surface area contributed by atoms with Crippen molar-refractivity contribution < 1.29 is 18.7 Å². The molecule has 4 atom stereocenters. The van der Waals surface area contributed by atoms with E-state index in [1.807, 2.05) is 36.4 Å². The molecule has 0 spiro atoms. The van der Waals surface area contributed by atoms with Gasteiger partial charge in [-0.15, -0.1) is 5.16 Å². The lowest BCUT2D eigenvalue weighted by atomic mass is 10.1. The molecule has 2 aromatic carbocycles. The maximum absolute atomic E-state index is 12.8. The van der Waals surface area contributed by atoms with Crippen LogP contribution in [0.4, 0.5) is 0 Å². The van der Waals surface area contributed by atoms with Gasteiger partial charge < -0.3 is 18.7 Å². The van der Waals surface area contributed by atoms with E-state index in [1.54, 1.807) is 14.0 Å². The zero-order chi connectivity index (χ0) is 27.5. The third kappa shape index (κ3) is 5.04. The number of benzene rings is 2. The van der Waals surface area contributed by atoms with Crippen molar-refractivity contribution in [1.82, 2.24) is 9.55 Å². The van der Waals surface area contributed by atoms with Gasteiger partial charge in [-0.2, -0.15) is 0 Å². The highest BCUT2D eigenvalue weighted by molar-refractivity contribution is 6.99. The predicted octanol–water partition coefficient (Wildman–Crippen LogP) is 2.33. The molecule has 1 saturated heterocycles. The van der Waals surface area contributed by atoms with Gasteiger partial charge in [-0.25, -0.2) is 4.79 Å². The normalized spacial score (nSPS) is 21.8. The van der Waals surface area contributed by atoms with Crippen LogP contribution in [0.3, 0.4) is 0 Å². The van der Waals surface area contributed by atoms with E-state index in [9.17, 15) is 9.59 Å². The molecular weight excluding hydrogens is 502 g/mol. The lowest BCUT2D eigenvalue weighted by molar-refractivity contribution is -0.0714. The fraction of sp³-hybridized carbons (Fsp3) is 0.393. The third-order valence-corrected chi connectivity index (χ3v) is 12.1. The van der Waals surface area contributed by atoms with E-state index < -0.39 is 44.1 Å². The Bertz CT molecular complexity index is 1310. The van der Waals surface area contributed by atoms with E-state index in [1.165, 1.54) is 10.8 Å². The number of hydrogen-bond acceptors (Lipinski definition) is 7. The fourth-order valence-electron chi connectivity index (χ4n) is 5.26. The number of aromatic nitrogens is 2. The Morgan fingerprint density at radius 1 is 1.03 bits per heavy atom. The first-order chi connectivity index (χ1) is 18.1. The Morgan fingerprint density at radius 2 is 1.61 bits per heavy atom. The molecule has 3 aromatic rings. The molecule has 0 aliphatic carbocycles. The summed E-state index contributed by atoms with van der Waals surface area (Å²) in [6.45, 7) is 11.6. The summed E-state index contributed by atoms with van der Waals surface area (Å²) < 4.78 is 21.0. The van der Waals surface area contributed by atoms with E-state index in [4.69, 9.17) is 18.7 Å². The van der Waals surface area contributed by atoms with Crippen LogP contribution in [0, 0.1) is 6.92 Å². The second-order valence-electron chi connectivity index (χ2n) is 10.4. The van der Waals surface area contributed by atoms with Crippen LogP contribution in [0.15, 0.2) is 81.6 Å². The predicted molar refractivity (Wildman–Crippen MR) is 149 cm³/mol. The van der Waals surface area contributed by atoms with E-state index in [-0.39, 0.29) is 11.6 Å². The van der Waals surface area contributed by atoms with Crippen LogP contribution >= 0.6 is 0 Å². The summed E-state index contributed by atoms with van der Waals surface area (Å²) in [5.74, 6) is 0. The number of H-pyrrole nitrogens is 1. The second kappa shape index (κ2) is 11.2. The molecule has 0 unspecified atom stereocenters. The summed E-state index contributed by atoms with van der Waals surface area (Å²) in [5, 5.41) is 5.44. The third-order valence-electron chi connectivity index (χ3n) is 7.04. The van der Waals surface area contributed by atoms with Crippen molar-refractivity contribution in [2.24, 2.45) is 5.16 Å². The zero-order valence-electron chi connectivity index (χ0n) is 22.4.